The van der Waals surface area contributed by atoms with Crippen LogP contribution in [0.25, 0.3) is 0 Å². The summed E-state index contributed by atoms with van der Waals surface area (Å²) in [5, 5.41) is 21.3. The van der Waals surface area contributed by atoms with Crippen LogP contribution in [-0.4, -0.2) is 59.0 Å². The van der Waals surface area contributed by atoms with Crippen LogP contribution in [0.15, 0.2) is 60.8 Å². The zero-order valence-corrected chi connectivity index (χ0v) is 22.1. The summed E-state index contributed by atoms with van der Waals surface area (Å²) in [7, 11) is 0. The third-order valence-corrected chi connectivity index (χ3v) is 6.89. The molecule has 1 fully saturated rings. The van der Waals surface area contributed by atoms with Crippen molar-refractivity contribution in [1.82, 2.24) is 9.88 Å². The summed E-state index contributed by atoms with van der Waals surface area (Å²) in [6.07, 6.45) is -5.07. The molecule has 1 aliphatic heterocycles. The Labute approximate surface area is 229 Å². The average molecular weight is 570 g/mol. The highest BCUT2D eigenvalue weighted by molar-refractivity contribution is 6.33. The monoisotopic (exact) mass is 569 g/mol. The average Bonchev–Trinajstić information content (AvgIpc) is 2.88. The van der Waals surface area contributed by atoms with Gasteiger partial charge in [0.2, 0.25) is 0 Å². The molecule has 2 N–H and O–H groups in total. The van der Waals surface area contributed by atoms with Gasteiger partial charge in [-0.2, -0.15) is 13.2 Å². The maximum absolute atomic E-state index is 12.8. The number of rotatable bonds is 8. The first-order chi connectivity index (χ1) is 18.0. The molecule has 2 heterocycles. The minimum Gasteiger partial charge on any atom is -0.491 e. The Morgan fingerprint density at radius 3 is 2.39 bits per heavy atom. The molecule has 11 heteroatoms. The number of halogens is 5. The first kappa shape index (κ1) is 28.4. The van der Waals surface area contributed by atoms with Gasteiger partial charge in [-0.1, -0.05) is 41.4 Å². The molecule has 1 saturated heterocycles. The number of nitrogens with zero attached hydrogens (tertiary/aromatic N) is 3. The zero-order chi connectivity index (χ0) is 27.4. The summed E-state index contributed by atoms with van der Waals surface area (Å²) >= 11 is 12.8. The van der Waals surface area contributed by atoms with E-state index in [-0.39, 0.29) is 19.2 Å². The maximum atomic E-state index is 12.8. The number of alkyl halides is 3. The SMILES string of the molecule is C[C@@H](O)COc1ccc(N2CCN(C[C@@H](O)c3ccc(C(F)(F)F)nc3)C[C@H]2c2ccc(Cl)cc2)c(Cl)c1. The smallest absolute Gasteiger partial charge is 0.433 e. The van der Waals surface area contributed by atoms with Crippen molar-refractivity contribution in [2.75, 3.05) is 37.7 Å². The van der Waals surface area contributed by atoms with Gasteiger partial charge >= 0.3 is 6.18 Å². The van der Waals surface area contributed by atoms with Crippen LogP contribution in [0.4, 0.5) is 18.9 Å². The molecule has 0 saturated carbocycles. The lowest BCUT2D eigenvalue weighted by Gasteiger charge is -2.44. The van der Waals surface area contributed by atoms with Crippen molar-refractivity contribution in [3.63, 3.8) is 0 Å². The number of hydrogen-bond donors (Lipinski definition) is 2. The topological polar surface area (TPSA) is 69.1 Å². The minimum atomic E-state index is -4.53. The lowest BCUT2D eigenvalue weighted by Crippen LogP contribution is -2.49. The molecule has 1 aromatic heterocycles. The molecule has 0 amide bonds. The van der Waals surface area contributed by atoms with Crippen molar-refractivity contribution in [3.05, 3.63) is 87.7 Å². The standard InChI is InChI=1S/C27H28Cl2F3N3O3/c1-17(36)16-38-21-7-8-23(22(29)12-21)35-11-10-34(14-24(35)18-2-5-20(28)6-3-18)15-25(37)19-4-9-26(33-13-19)27(30,31)32/h2-9,12-13,17,24-25,36-37H,10-11,14-16H2,1H3/t17-,24+,25-/m1/s1. The Balaban J connectivity index is 1.52. The molecule has 2 aromatic carbocycles. The number of pyridine rings is 1. The normalized spacial score (nSPS) is 18.3. The van der Waals surface area contributed by atoms with Gasteiger partial charge in [0.25, 0.3) is 0 Å². The molecule has 0 spiro atoms. The number of ether oxygens (including phenoxy) is 1. The van der Waals surface area contributed by atoms with Crippen molar-refractivity contribution in [3.8, 4) is 5.75 Å². The number of piperazine rings is 1. The fraction of sp³-hybridized carbons (Fsp3) is 0.370. The van der Waals surface area contributed by atoms with Gasteiger partial charge in [-0.05, 0) is 42.8 Å². The Morgan fingerprint density at radius 2 is 1.79 bits per heavy atom. The van der Waals surface area contributed by atoms with E-state index in [9.17, 15) is 23.4 Å². The summed E-state index contributed by atoms with van der Waals surface area (Å²) < 4.78 is 44.1. The number of aromatic nitrogens is 1. The van der Waals surface area contributed by atoms with Gasteiger partial charge in [0.1, 0.15) is 18.1 Å². The summed E-state index contributed by atoms with van der Waals surface area (Å²) in [5.74, 6) is 0.551. The largest absolute Gasteiger partial charge is 0.491 e. The molecular formula is C27H28Cl2F3N3O3. The third-order valence-electron chi connectivity index (χ3n) is 6.33. The predicted molar refractivity (Wildman–Crippen MR) is 141 cm³/mol. The Kier molecular flexibility index (Phi) is 9.05. The number of benzene rings is 2. The van der Waals surface area contributed by atoms with E-state index in [1.54, 1.807) is 19.1 Å². The molecule has 1 aliphatic rings. The number of aliphatic hydroxyl groups excluding tert-OH is 2. The first-order valence-electron chi connectivity index (χ1n) is 12.1. The van der Waals surface area contributed by atoms with Crippen molar-refractivity contribution in [1.29, 1.82) is 0 Å². The van der Waals surface area contributed by atoms with Crippen LogP contribution < -0.4 is 9.64 Å². The second-order valence-corrected chi connectivity index (χ2v) is 10.1. The summed E-state index contributed by atoms with van der Waals surface area (Å²) in [5.41, 5.74) is 1.13. The summed E-state index contributed by atoms with van der Waals surface area (Å²) in [6, 6.07) is 14.9. The molecule has 0 radical (unpaired) electrons. The van der Waals surface area contributed by atoms with Crippen LogP contribution in [0.2, 0.25) is 10.0 Å². The molecule has 3 atom stereocenters. The second-order valence-electron chi connectivity index (χ2n) is 9.28. The van der Waals surface area contributed by atoms with Gasteiger partial charge in [0.15, 0.2) is 0 Å². The van der Waals surface area contributed by atoms with E-state index in [1.165, 1.54) is 6.07 Å². The minimum absolute atomic E-state index is 0.138. The van der Waals surface area contributed by atoms with Crippen molar-refractivity contribution in [2.45, 2.75) is 31.3 Å². The van der Waals surface area contributed by atoms with Crippen molar-refractivity contribution < 1.29 is 28.1 Å². The fourth-order valence-electron chi connectivity index (χ4n) is 4.41. The molecule has 3 aromatic rings. The van der Waals surface area contributed by atoms with E-state index in [0.29, 0.717) is 41.0 Å². The van der Waals surface area contributed by atoms with Gasteiger partial charge < -0.3 is 19.8 Å². The van der Waals surface area contributed by atoms with Crippen molar-refractivity contribution in [2.24, 2.45) is 0 Å². The van der Waals surface area contributed by atoms with Crippen LogP contribution in [0.5, 0.6) is 5.75 Å². The molecule has 0 bridgehead atoms. The molecule has 4 rings (SSSR count). The van der Waals surface area contributed by atoms with E-state index >= 15 is 0 Å². The number of anilines is 1. The van der Waals surface area contributed by atoms with E-state index < -0.39 is 24.1 Å². The van der Waals surface area contributed by atoms with Crippen LogP contribution in [0.1, 0.15) is 35.9 Å². The summed E-state index contributed by atoms with van der Waals surface area (Å²) in [6.45, 7) is 3.72. The van der Waals surface area contributed by atoms with Gasteiger partial charge in [-0.3, -0.25) is 9.88 Å². The Bertz CT molecular complexity index is 1210. The molecular weight excluding hydrogens is 542 g/mol. The fourth-order valence-corrected chi connectivity index (χ4v) is 4.82. The first-order valence-corrected chi connectivity index (χ1v) is 12.8. The number of aliphatic hydroxyl groups is 2. The second kappa shape index (κ2) is 12.1. The van der Waals surface area contributed by atoms with E-state index in [0.717, 1.165) is 23.5 Å². The molecule has 0 aliphatic carbocycles. The highest BCUT2D eigenvalue weighted by Crippen LogP contribution is 2.38. The molecule has 0 unspecified atom stereocenters. The van der Waals surface area contributed by atoms with Gasteiger partial charge in [-0.15, -0.1) is 0 Å². The van der Waals surface area contributed by atoms with Gasteiger partial charge in [-0.25, -0.2) is 0 Å². The quantitative estimate of drug-likeness (QED) is 0.359. The molecule has 38 heavy (non-hydrogen) atoms. The Morgan fingerprint density at radius 1 is 1.05 bits per heavy atom. The lowest BCUT2D eigenvalue weighted by atomic mass is 10.0. The number of β-amino-alcohol motifs (C(OH)–C–C–N with tert-alkyl or cyclic N) is 1. The highest BCUT2D eigenvalue weighted by Gasteiger charge is 2.33. The highest BCUT2D eigenvalue weighted by atomic mass is 35.5. The van der Waals surface area contributed by atoms with Crippen LogP contribution in [-0.2, 0) is 6.18 Å². The summed E-state index contributed by atoms with van der Waals surface area (Å²) in [4.78, 5) is 7.70. The maximum Gasteiger partial charge on any atom is 0.433 e. The van der Waals surface area contributed by atoms with E-state index in [2.05, 4.69) is 14.8 Å². The predicted octanol–water partition coefficient (Wildman–Crippen LogP) is 5.76. The lowest BCUT2D eigenvalue weighted by molar-refractivity contribution is -0.141. The zero-order valence-electron chi connectivity index (χ0n) is 20.6. The van der Waals surface area contributed by atoms with Crippen LogP contribution in [0.3, 0.4) is 0 Å². The van der Waals surface area contributed by atoms with Crippen LogP contribution in [0, 0.1) is 0 Å². The van der Waals surface area contributed by atoms with Gasteiger partial charge in [0.05, 0.1) is 29.0 Å². The van der Waals surface area contributed by atoms with E-state index in [4.69, 9.17) is 27.9 Å². The van der Waals surface area contributed by atoms with Gasteiger partial charge in [0, 0.05) is 49.0 Å². The Hall–Kier alpha value is -2.56. The molecule has 204 valence electrons. The third kappa shape index (κ3) is 7.09. The number of hydrogen-bond acceptors (Lipinski definition) is 6. The van der Waals surface area contributed by atoms with Crippen molar-refractivity contribution >= 4 is 28.9 Å². The van der Waals surface area contributed by atoms with E-state index in [1.807, 2.05) is 30.3 Å². The molecule has 6 nitrogen and oxygen atoms in total. The van der Waals surface area contributed by atoms with Crippen LogP contribution >= 0.6 is 23.2 Å².